The van der Waals surface area contributed by atoms with Gasteiger partial charge in [-0.25, -0.2) is 25.9 Å². The van der Waals surface area contributed by atoms with Gasteiger partial charge in [0.2, 0.25) is 20.0 Å². The van der Waals surface area contributed by atoms with Crippen LogP contribution in [0.1, 0.15) is 15.9 Å². The van der Waals surface area contributed by atoms with Crippen molar-refractivity contribution in [1.82, 2.24) is 14.3 Å². The second kappa shape index (κ2) is 8.91. The first-order valence-electron chi connectivity index (χ1n) is 8.44. The summed E-state index contributed by atoms with van der Waals surface area (Å²) in [7, 11) is -1.99. The number of hydrogen-bond acceptors (Lipinski definition) is 6. The van der Waals surface area contributed by atoms with E-state index in [9.17, 15) is 21.6 Å². The molecule has 0 aliphatic heterocycles. The van der Waals surface area contributed by atoms with E-state index in [2.05, 4.69) is 10.0 Å². The van der Waals surface area contributed by atoms with Crippen LogP contribution < -0.4 is 14.8 Å². The van der Waals surface area contributed by atoms with Crippen molar-refractivity contribution in [3.05, 3.63) is 53.6 Å². The molecular formula is C18H23N3O6S2. The van der Waals surface area contributed by atoms with Gasteiger partial charge in [0.15, 0.2) is 0 Å². The molecule has 0 saturated heterocycles. The zero-order chi connectivity index (χ0) is 21.8. The molecule has 0 bridgehead atoms. The van der Waals surface area contributed by atoms with Crippen molar-refractivity contribution in [2.45, 2.75) is 16.3 Å². The maximum atomic E-state index is 12.5. The molecule has 0 radical (unpaired) electrons. The Morgan fingerprint density at radius 1 is 1.07 bits per heavy atom. The summed E-state index contributed by atoms with van der Waals surface area (Å²) in [6, 6.07) is 10.2. The van der Waals surface area contributed by atoms with Gasteiger partial charge in [0.05, 0.1) is 12.0 Å². The van der Waals surface area contributed by atoms with E-state index < -0.39 is 26.0 Å². The smallest absolute Gasteiger partial charge is 0.251 e. The van der Waals surface area contributed by atoms with Crippen molar-refractivity contribution in [3.8, 4) is 5.75 Å². The lowest BCUT2D eigenvalue weighted by molar-refractivity contribution is 0.0950. The van der Waals surface area contributed by atoms with Gasteiger partial charge in [-0.1, -0.05) is 12.1 Å². The van der Waals surface area contributed by atoms with E-state index in [1.807, 2.05) is 0 Å². The topological polar surface area (TPSA) is 122 Å². The number of methoxy groups -OCH3 is 1. The summed E-state index contributed by atoms with van der Waals surface area (Å²) in [5.41, 5.74) is 0.703. The van der Waals surface area contributed by atoms with Crippen LogP contribution in [0.5, 0.6) is 5.75 Å². The Morgan fingerprint density at radius 2 is 1.76 bits per heavy atom. The van der Waals surface area contributed by atoms with Crippen molar-refractivity contribution in [2.24, 2.45) is 0 Å². The lowest BCUT2D eigenvalue weighted by Gasteiger charge is -2.15. The Bertz CT molecular complexity index is 1110. The summed E-state index contributed by atoms with van der Waals surface area (Å²) in [5.74, 6) is -0.384. The molecule has 0 unspecified atom stereocenters. The first-order chi connectivity index (χ1) is 13.5. The molecule has 0 heterocycles. The van der Waals surface area contributed by atoms with E-state index >= 15 is 0 Å². The van der Waals surface area contributed by atoms with E-state index in [1.54, 1.807) is 12.1 Å². The highest BCUT2D eigenvalue weighted by atomic mass is 32.2. The van der Waals surface area contributed by atoms with Crippen LogP contribution in [0.2, 0.25) is 0 Å². The summed E-state index contributed by atoms with van der Waals surface area (Å²) in [4.78, 5) is 12.5. The van der Waals surface area contributed by atoms with Crippen LogP contribution in [0, 0.1) is 0 Å². The average molecular weight is 442 g/mol. The predicted molar refractivity (Wildman–Crippen MR) is 108 cm³/mol. The van der Waals surface area contributed by atoms with Gasteiger partial charge in [-0.3, -0.25) is 4.79 Å². The predicted octanol–water partition coefficient (Wildman–Crippen LogP) is 0.784. The number of nitrogens with one attached hydrogen (secondary N) is 2. The maximum Gasteiger partial charge on any atom is 0.251 e. The molecule has 1 amide bonds. The highest BCUT2D eigenvalue weighted by Crippen LogP contribution is 2.27. The third kappa shape index (κ3) is 5.12. The lowest BCUT2D eigenvalue weighted by atomic mass is 10.2. The quantitative estimate of drug-likeness (QED) is 0.624. The summed E-state index contributed by atoms with van der Waals surface area (Å²) in [6.45, 7) is 0.0632. The van der Waals surface area contributed by atoms with Crippen LogP contribution in [0.3, 0.4) is 0 Å². The van der Waals surface area contributed by atoms with Gasteiger partial charge in [0, 0.05) is 26.2 Å². The van der Waals surface area contributed by atoms with Crippen LogP contribution in [-0.2, 0) is 26.6 Å². The van der Waals surface area contributed by atoms with Crippen molar-refractivity contribution in [1.29, 1.82) is 0 Å². The Labute approximate surface area is 170 Å². The molecular weight excluding hydrogens is 418 g/mol. The minimum atomic E-state index is -3.81. The Balaban J connectivity index is 2.26. The highest BCUT2D eigenvalue weighted by molar-refractivity contribution is 7.89. The van der Waals surface area contributed by atoms with E-state index in [1.165, 1.54) is 58.6 Å². The van der Waals surface area contributed by atoms with Crippen LogP contribution in [0.4, 0.5) is 0 Å². The van der Waals surface area contributed by atoms with Crippen LogP contribution in [-0.4, -0.2) is 55.3 Å². The molecule has 0 spiro atoms. The molecule has 0 saturated carbocycles. The van der Waals surface area contributed by atoms with Gasteiger partial charge in [-0.15, -0.1) is 0 Å². The number of nitrogens with zero attached hydrogens (tertiary/aromatic N) is 1. The van der Waals surface area contributed by atoms with E-state index in [0.717, 1.165) is 4.31 Å². The van der Waals surface area contributed by atoms with E-state index in [0.29, 0.717) is 5.56 Å². The standard InChI is InChI=1S/C18H23N3O6S2/c1-19-28(23,24)15-7-5-6-13(10-15)12-20-18(22)14-8-9-16(27-4)17(11-14)29(25,26)21(2)3/h5-11,19H,12H2,1-4H3,(H,20,22). The SMILES string of the molecule is CNS(=O)(=O)c1cccc(CNC(=O)c2ccc(OC)c(S(=O)(=O)N(C)C)c2)c1. The molecule has 0 aromatic heterocycles. The lowest BCUT2D eigenvalue weighted by Crippen LogP contribution is -2.25. The molecule has 158 valence electrons. The third-order valence-corrected chi connectivity index (χ3v) is 7.36. The fraction of sp³-hybridized carbons (Fsp3) is 0.278. The minimum Gasteiger partial charge on any atom is -0.495 e. The molecule has 0 fully saturated rings. The van der Waals surface area contributed by atoms with E-state index in [-0.39, 0.29) is 27.6 Å². The van der Waals surface area contributed by atoms with Crippen molar-refractivity contribution in [2.75, 3.05) is 28.3 Å². The summed E-state index contributed by atoms with van der Waals surface area (Å²) < 4.78 is 57.1. The number of carbonyl (C=O) groups excluding carboxylic acids is 1. The number of ether oxygens (including phenoxy) is 1. The number of benzene rings is 2. The Kier molecular flexibility index (Phi) is 7.01. The second-order valence-electron chi connectivity index (χ2n) is 6.19. The fourth-order valence-corrected chi connectivity index (χ4v) is 4.32. The number of hydrogen-bond donors (Lipinski definition) is 2. The first kappa shape index (κ1) is 22.8. The van der Waals surface area contributed by atoms with Crippen molar-refractivity contribution in [3.63, 3.8) is 0 Å². The third-order valence-electron chi connectivity index (χ3n) is 4.11. The van der Waals surface area contributed by atoms with Gasteiger partial charge in [-0.05, 0) is 42.9 Å². The van der Waals surface area contributed by atoms with Crippen LogP contribution in [0.25, 0.3) is 0 Å². The van der Waals surface area contributed by atoms with E-state index in [4.69, 9.17) is 4.74 Å². The molecule has 2 rings (SSSR count). The summed E-state index contributed by atoms with van der Waals surface area (Å²) in [5, 5.41) is 2.65. The first-order valence-corrected chi connectivity index (χ1v) is 11.4. The van der Waals surface area contributed by atoms with Gasteiger partial charge < -0.3 is 10.1 Å². The molecule has 2 N–H and O–H groups in total. The van der Waals surface area contributed by atoms with Gasteiger partial charge >= 0.3 is 0 Å². The van der Waals surface area contributed by atoms with Gasteiger partial charge in [-0.2, -0.15) is 0 Å². The van der Waals surface area contributed by atoms with Crippen LogP contribution in [0.15, 0.2) is 52.3 Å². The monoisotopic (exact) mass is 441 g/mol. The Hall–Kier alpha value is -2.47. The minimum absolute atomic E-state index is 0.0632. The van der Waals surface area contributed by atoms with Gasteiger partial charge in [0.25, 0.3) is 5.91 Å². The fourth-order valence-electron chi connectivity index (χ4n) is 2.44. The molecule has 0 atom stereocenters. The average Bonchev–Trinajstić information content (AvgIpc) is 2.71. The number of sulfonamides is 2. The number of amides is 1. The molecule has 0 aliphatic rings. The van der Waals surface area contributed by atoms with Crippen LogP contribution >= 0.6 is 0 Å². The molecule has 2 aromatic carbocycles. The van der Waals surface area contributed by atoms with Gasteiger partial charge in [0.1, 0.15) is 10.6 Å². The van der Waals surface area contributed by atoms with Crippen molar-refractivity contribution >= 4 is 26.0 Å². The second-order valence-corrected chi connectivity index (χ2v) is 10.2. The largest absolute Gasteiger partial charge is 0.495 e. The molecule has 2 aromatic rings. The zero-order valence-electron chi connectivity index (χ0n) is 16.5. The molecule has 29 heavy (non-hydrogen) atoms. The zero-order valence-corrected chi connectivity index (χ0v) is 18.1. The normalized spacial score (nSPS) is 12.0. The summed E-state index contributed by atoms with van der Waals surface area (Å²) >= 11 is 0. The maximum absolute atomic E-state index is 12.5. The highest BCUT2D eigenvalue weighted by Gasteiger charge is 2.24. The summed E-state index contributed by atoms with van der Waals surface area (Å²) in [6.07, 6.45) is 0. The molecule has 9 nitrogen and oxygen atoms in total. The number of carbonyl (C=O) groups is 1. The molecule has 11 heteroatoms. The van der Waals surface area contributed by atoms with Crippen molar-refractivity contribution < 1.29 is 26.4 Å². The molecule has 0 aliphatic carbocycles. The Morgan fingerprint density at radius 3 is 2.34 bits per heavy atom. The number of rotatable bonds is 8.